The maximum atomic E-state index is 14.2. The SMILES string of the molecule is COc1ccc(CN2CCNC(=O)[C@H]2CC(=O)N2CCCC2)c(F)c1. The number of hydrogen-bond acceptors (Lipinski definition) is 4. The smallest absolute Gasteiger partial charge is 0.237 e. The van der Waals surface area contributed by atoms with Crippen LogP contribution >= 0.6 is 0 Å². The third-order valence-corrected chi connectivity index (χ3v) is 4.90. The van der Waals surface area contributed by atoms with Crippen LogP contribution in [0.5, 0.6) is 5.75 Å². The van der Waals surface area contributed by atoms with Gasteiger partial charge in [0.1, 0.15) is 11.6 Å². The average Bonchev–Trinajstić information content (AvgIpc) is 3.14. The lowest BCUT2D eigenvalue weighted by Crippen LogP contribution is -2.56. The van der Waals surface area contributed by atoms with E-state index in [0.29, 0.717) is 30.9 Å². The summed E-state index contributed by atoms with van der Waals surface area (Å²) in [7, 11) is 1.49. The van der Waals surface area contributed by atoms with Crippen LogP contribution < -0.4 is 10.1 Å². The summed E-state index contributed by atoms with van der Waals surface area (Å²) >= 11 is 0. The molecule has 2 amide bonds. The summed E-state index contributed by atoms with van der Waals surface area (Å²) in [6.07, 6.45) is 2.18. The number of nitrogens with zero attached hydrogens (tertiary/aromatic N) is 2. The Morgan fingerprint density at radius 1 is 1.32 bits per heavy atom. The van der Waals surface area contributed by atoms with Crippen molar-refractivity contribution in [3.63, 3.8) is 0 Å². The van der Waals surface area contributed by atoms with Crippen LogP contribution in [0.1, 0.15) is 24.8 Å². The van der Waals surface area contributed by atoms with Gasteiger partial charge in [0.15, 0.2) is 0 Å². The zero-order chi connectivity index (χ0) is 17.8. The Kier molecular flexibility index (Phi) is 5.53. The summed E-state index contributed by atoms with van der Waals surface area (Å²) < 4.78 is 19.3. The quantitative estimate of drug-likeness (QED) is 0.866. The second-order valence-electron chi connectivity index (χ2n) is 6.53. The maximum absolute atomic E-state index is 14.2. The van der Waals surface area contributed by atoms with Crippen LogP contribution in [0.4, 0.5) is 4.39 Å². The molecular weight excluding hydrogens is 325 g/mol. The second kappa shape index (κ2) is 7.82. The molecular formula is C18H24FN3O3. The van der Waals surface area contributed by atoms with Crippen LogP contribution in [0.3, 0.4) is 0 Å². The number of nitrogens with one attached hydrogen (secondary N) is 1. The van der Waals surface area contributed by atoms with E-state index in [9.17, 15) is 14.0 Å². The molecule has 0 radical (unpaired) electrons. The van der Waals surface area contributed by atoms with Crippen LogP contribution in [0, 0.1) is 5.82 Å². The lowest BCUT2D eigenvalue weighted by Gasteiger charge is -2.35. The van der Waals surface area contributed by atoms with Crippen LogP contribution in [-0.4, -0.2) is 60.9 Å². The number of carbonyl (C=O) groups excluding carboxylic acids is 2. The van der Waals surface area contributed by atoms with Crippen molar-refractivity contribution in [2.24, 2.45) is 0 Å². The Morgan fingerprint density at radius 3 is 2.76 bits per heavy atom. The number of piperazine rings is 1. The standard InChI is InChI=1S/C18H24FN3O3/c1-25-14-5-4-13(15(19)10-14)12-22-9-6-20-18(24)16(22)11-17(23)21-7-2-3-8-21/h4-5,10,16H,2-3,6-9,11-12H2,1H3,(H,20,24)/t16-/m1/s1. The average molecular weight is 349 g/mol. The highest BCUT2D eigenvalue weighted by atomic mass is 19.1. The Labute approximate surface area is 146 Å². The van der Waals surface area contributed by atoms with Crippen molar-refractivity contribution in [2.45, 2.75) is 31.8 Å². The van der Waals surface area contributed by atoms with Crippen molar-refractivity contribution in [3.8, 4) is 5.75 Å². The van der Waals surface area contributed by atoms with Crippen LogP contribution in [0.15, 0.2) is 18.2 Å². The molecule has 136 valence electrons. The summed E-state index contributed by atoms with van der Waals surface area (Å²) in [6.45, 7) is 2.92. The van der Waals surface area contributed by atoms with Crippen molar-refractivity contribution in [1.82, 2.24) is 15.1 Å². The van der Waals surface area contributed by atoms with Gasteiger partial charge < -0.3 is 15.0 Å². The van der Waals surface area contributed by atoms with Crippen LogP contribution in [-0.2, 0) is 16.1 Å². The monoisotopic (exact) mass is 349 g/mol. The van der Waals surface area contributed by atoms with Gasteiger partial charge in [0, 0.05) is 44.4 Å². The molecule has 2 aliphatic rings. The lowest BCUT2D eigenvalue weighted by atomic mass is 10.1. The summed E-state index contributed by atoms with van der Waals surface area (Å²) in [5, 5.41) is 2.81. The molecule has 1 aromatic rings. The van der Waals surface area contributed by atoms with Gasteiger partial charge in [-0.05, 0) is 18.9 Å². The number of rotatable bonds is 5. The van der Waals surface area contributed by atoms with E-state index in [1.54, 1.807) is 12.1 Å². The van der Waals surface area contributed by atoms with E-state index in [1.165, 1.54) is 13.2 Å². The first-order valence-electron chi connectivity index (χ1n) is 8.70. The van der Waals surface area contributed by atoms with Gasteiger partial charge >= 0.3 is 0 Å². The Hall–Kier alpha value is -2.15. The highest BCUT2D eigenvalue weighted by Crippen LogP contribution is 2.21. The van der Waals surface area contributed by atoms with E-state index in [1.807, 2.05) is 9.80 Å². The van der Waals surface area contributed by atoms with Gasteiger partial charge in [0.2, 0.25) is 11.8 Å². The second-order valence-corrected chi connectivity index (χ2v) is 6.53. The Morgan fingerprint density at radius 2 is 2.08 bits per heavy atom. The fraction of sp³-hybridized carbons (Fsp3) is 0.556. The molecule has 2 saturated heterocycles. The molecule has 1 atom stereocenters. The Bertz CT molecular complexity index is 646. The first-order valence-corrected chi connectivity index (χ1v) is 8.70. The number of carbonyl (C=O) groups is 2. The molecule has 0 aromatic heterocycles. The number of hydrogen-bond donors (Lipinski definition) is 1. The number of amides is 2. The first-order chi connectivity index (χ1) is 12.1. The first kappa shape index (κ1) is 17.7. The van der Waals surface area contributed by atoms with Gasteiger partial charge in [0.05, 0.1) is 19.6 Å². The van der Waals surface area contributed by atoms with Crippen molar-refractivity contribution >= 4 is 11.8 Å². The van der Waals surface area contributed by atoms with Gasteiger partial charge in [-0.25, -0.2) is 4.39 Å². The normalized spacial score (nSPS) is 21.3. The van der Waals surface area contributed by atoms with Crippen LogP contribution in [0.25, 0.3) is 0 Å². The van der Waals surface area contributed by atoms with E-state index in [4.69, 9.17) is 4.74 Å². The van der Waals surface area contributed by atoms with Crippen molar-refractivity contribution < 1.29 is 18.7 Å². The number of methoxy groups -OCH3 is 1. The summed E-state index contributed by atoms with van der Waals surface area (Å²) in [5.41, 5.74) is 0.495. The summed E-state index contributed by atoms with van der Waals surface area (Å²) in [4.78, 5) is 28.4. The molecule has 0 bridgehead atoms. The largest absolute Gasteiger partial charge is 0.497 e. The highest BCUT2D eigenvalue weighted by molar-refractivity contribution is 5.88. The third-order valence-electron chi connectivity index (χ3n) is 4.90. The van der Waals surface area contributed by atoms with Gasteiger partial charge in [-0.2, -0.15) is 0 Å². The molecule has 0 spiro atoms. The molecule has 0 unspecified atom stereocenters. The molecule has 3 rings (SSSR count). The molecule has 25 heavy (non-hydrogen) atoms. The van der Waals surface area contributed by atoms with E-state index in [0.717, 1.165) is 25.9 Å². The van der Waals surface area contributed by atoms with E-state index in [2.05, 4.69) is 5.32 Å². The number of ether oxygens (including phenoxy) is 1. The molecule has 2 fully saturated rings. The van der Waals surface area contributed by atoms with E-state index >= 15 is 0 Å². The predicted molar refractivity (Wildman–Crippen MR) is 90.6 cm³/mol. The number of likely N-dealkylation sites (tertiary alicyclic amines) is 1. The number of benzene rings is 1. The van der Waals surface area contributed by atoms with E-state index < -0.39 is 6.04 Å². The molecule has 0 saturated carbocycles. The van der Waals surface area contributed by atoms with E-state index in [-0.39, 0.29) is 24.1 Å². The molecule has 1 N–H and O–H groups in total. The van der Waals surface area contributed by atoms with Crippen molar-refractivity contribution in [3.05, 3.63) is 29.6 Å². The number of halogens is 1. The minimum absolute atomic E-state index is 0.000229. The topological polar surface area (TPSA) is 61.9 Å². The Balaban J connectivity index is 1.71. The molecule has 1 aromatic carbocycles. The predicted octanol–water partition coefficient (Wildman–Crippen LogP) is 1.15. The lowest BCUT2D eigenvalue weighted by molar-refractivity contribution is -0.138. The molecule has 2 aliphatic heterocycles. The molecule has 6 nitrogen and oxygen atoms in total. The minimum atomic E-state index is -0.552. The summed E-state index contributed by atoms with van der Waals surface area (Å²) in [6, 6.07) is 4.15. The minimum Gasteiger partial charge on any atom is -0.497 e. The zero-order valence-corrected chi connectivity index (χ0v) is 14.5. The summed E-state index contributed by atoms with van der Waals surface area (Å²) in [5.74, 6) is -0.0687. The van der Waals surface area contributed by atoms with Gasteiger partial charge in [-0.1, -0.05) is 6.07 Å². The maximum Gasteiger partial charge on any atom is 0.237 e. The van der Waals surface area contributed by atoms with Gasteiger partial charge in [-0.15, -0.1) is 0 Å². The van der Waals surface area contributed by atoms with Crippen molar-refractivity contribution in [1.29, 1.82) is 0 Å². The molecule has 0 aliphatic carbocycles. The zero-order valence-electron chi connectivity index (χ0n) is 14.5. The third kappa shape index (κ3) is 4.10. The molecule has 2 heterocycles. The van der Waals surface area contributed by atoms with Gasteiger partial charge in [0.25, 0.3) is 0 Å². The van der Waals surface area contributed by atoms with Gasteiger partial charge in [-0.3, -0.25) is 14.5 Å². The molecule has 7 heteroatoms. The highest BCUT2D eigenvalue weighted by Gasteiger charge is 2.33. The fourth-order valence-electron chi connectivity index (χ4n) is 3.44. The van der Waals surface area contributed by atoms with Crippen LogP contribution in [0.2, 0.25) is 0 Å². The fourth-order valence-corrected chi connectivity index (χ4v) is 3.44. The van der Waals surface area contributed by atoms with Crippen molar-refractivity contribution in [2.75, 3.05) is 33.3 Å².